The van der Waals surface area contributed by atoms with Crippen molar-refractivity contribution >= 4 is 18.1 Å². The Bertz CT molecular complexity index is 1330. The zero-order valence-corrected chi connectivity index (χ0v) is 19.7. The molecule has 0 bridgehead atoms. The largest absolute Gasteiger partial charge is 0.497 e. The van der Waals surface area contributed by atoms with Crippen LogP contribution in [0.25, 0.3) is 5.69 Å². The van der Waals surface area contributed by atoms with Gasteiger partial charge in [0, 0.05) is 22.6 Å². The van der Waals surface area contributed by atoms with Gasteiger partial charge in [-0.1, -0.05) is 0 Å². The van der Waals surface area contributed by atoms with Crippen molar-refractivity contribution in [2.45, 2.75) is 13.8 Å². The number of hydrogen-bond donors (Lipinski definition) is 1. The van der Waals surface area contributed by atoms with E-state index in [9.17, 15) is 9.59 Å². The van der Waals surface area contributed by atoms with Crippen molar-refractivity contribution < 1.29 is 19.1 Å². The number of aryl methyl sites for hydroxylation is 2. The van der Waals surface area contributed by atoms with Crippen molar-refractivity contribution in [3.8, 4) is 17.2 Å². The maximum Gasteiger partial charge on any atom is 0.343 e. The van der Waals surface area contributed by atoms with Crippen LogP contribution in [0.1, 0.15) is 37.7 Å². The van der Waals surface area contributed by atoms with Crippen LogP contribution in [0.2, 0.25) is 0 Å². The van der Waals surface area contributed by atoms with E-state index in [4.69, 9.17) is 9.47 Å². The van der Waals surface area contributed by atoms with Gasteiger partial charge in [-0.15, -0.1) is 0 Å². The molecule has 0 radical (unpaired) electrons. The monoisotopic (exact) mass is 467 g/mol. The quantitative estimate of drug-likeness (QED) is 0.178. The number of amides is 1. The van der Waals surface area contributed by atoms with Crippen molar-refractivity contribution in [1.29, 1.82) is 0 Å². The summed E-state index contributed by atoms with van der Waals surface area (Å²) in [5.74, 6) is 0.296. The van der Waals surface area contributed by atoms with Gasteiger partial charge in [0.1, 0.15) is 11.5 Å². The number of aromatic nitrogens is 1. The molecular formula is C28H25N3O4. The van der Waals surface area contributed by atoms with Gasteiger partial charge in [0.2, 0.25) is 0 Å². The van der Waals surface area contributed by atoms with E-state index in [1.807, 2.05) is 26.0 Å². The van der Waals surface area contributed by atoms with Crippen molar-refractivity contribution in [3.63, 3.8) is 0 Å². The van der Waals surface area contributed by atoms with Gasteiger partial charge >= 0.3 is 5.97 Å². The van der Waals surface area contributed by atoms with Gasteiger partial charge in [0.25, 0.3) is 5.91 Å². The summed E-state index contributed by atoms with van der Waals surface area (Å²) in [5, 5.41) is 4.02. The molecule has 3 aromatic carbocycles. The Balaban J connectivity index is 1.32. The highest BCUT2D eigenvalue weighted by atomic mass is 16.5. The molecule has 7 heteroatoms. The first-order chi connectivity index (χ1) is 16.9. The topological polar surface area (TPSA) is 81.9 Å². The minimum atomic E-state index is -0.463. The maximum absolute atomic E-state index is 12.4. The first-order valence-electron chi connectivity index (χ1n) is 11.0. The summed E-state index contributed by atoms with van der Waals surface area (Å²) < 4.78 is 12.6. The summed E-state index contributed by atoms with van der Waals surface area (Å²) in [5.41, 5.74) is 7.46. The average molecular weight is 468 g/mol. The molecule has 176 valence electrons. The number of methoxy groups -OCH3 is 1. The van der Waals surface area contributed by atoms with Gasteiger partial charge in [-0.2, -0.15) is 5.10 Å². The Labute approximate surface area is 203 Å². The maximum atomic E-state index is 12.4. The highest BCUT2D eigenvalue weighted by Crippen LogP contribution is 2.18. The molecule has 1 aromatic heterocycles. The highest BCUT2D eigenvalue weighted by Gasteiger charge is 2.09. The number of rotatable bonds is 7. The average Bonchev–Trinajstić information content (AvgIpc) is 3.22. The van der Waals surface area contributed by atoms with Crippen LogP contribution in [0.15, 0.2) is 90.0 Å². The second-order valence-electron chi connectivity index (χ2n) is 7.88. The van der Waals surface area contributed by atoms with E-state index in [2.05, 4.69) is 27.2 Å². The molecule has 0 saturated carbocycles. The molecule has 4 rings (SSSR count). The third-order valence-electron chi connectivity index (χ3n) is 5.45. The summed E-state index contributed by atoms with van der Waals surface area (Å²) in [6.45, 7) is 4.08. The van der Waals surface area contributed by atoms with Crippen LogP contribution in [0.4, 0.5) is 0 Å². The fourth-order valence-corrected chi connectivity index (χ4v) is 3.58. The second-order valence-corrected chi connectivity index (χ2v) is 7.88. The van der Waals surface area contributed by atoms with Gasteiger partial charge in [-0.3, -0.25) is 4.79 Å². The third kappa shape index (κ3) is 5.65. The zero-order chi connectivity index (χ0) is 24.8. The minimum Gasteiger partial charge on any atom is -0.497 e. The van der Waals surface area contributed by atoms with E-state index in [0.29, 0.717) is 22.6 Å². The fourth-order valence-electron chi connectivity index (χ4n) is 3.58. The van der Waals surface area contributed by atoms with Crippen molar-refractivity contribution in [2.24, 2.45) is 5.10 Å². The number of carbonyl (C=O) groups is 2. The van der Waals surface area contributed by atoms with E-state index in [1.165, 1.54) is 6.21 Å². The predicted octanol–water partition coefficient (Wildman–Crippen LogP) is 5.09. The SMILES string of the molecule is COc1ccc(C(=O)Oc2ccc(C=NNC(=O)c3ccc(-n4c(C)ccc4C)cc3)cc2)cc1. The molecule has 0 aliphatic carbocycles. The lowest BCUT2D eigenvalue weighted by Crippen LogP contribution is -2.17. The van der Waals surface area contributed by atoms with Crippen LogP contribution < -0.4 is 14.9 Å². The molecule has 0 atom stereocenters. The van der Waals surface area contributed by atoms with Crippen molar-refractivity contribution in [1.82, 2.24) is 9.99 Å². The number of esters is 1. The summed E-state index contributed by atoms with van der Waals surface area (Å²) in [4.78, 5) is 24.7. The molecule has 35 heavy (non-hydrogen) atoms. The van der Waals surface area contributed by atoms with Gasteiger partial charge in [0.15, 0.2) is 0 Å². The molecule has 0 fully saturated rings. The molecule has 0 spiro atoms. The fraction of sp³-hybridized carbons (Fsp3) is 0.107. The van der Waals surface area contributed by atoms with Crippen LogP contribution in [-0.2, 0) is 0 Å². The van der Waals surface area contributed by atoms with Crippen LogP contribution in [0, 0.1) is 13.8 Å². The first-order valence-corrected chi connectivity index (χ1v) is 11.0. The van der Waals surface area contributed by atoms with Gasteiger partial charge < -0.3 is 14.0 Å². The highest BCUT2D eigenvalue weighted by molar-refractivity contribution is 5.95. The summed E-state index contributed by atoms with van der Waals surface area (Å²) in [6, 6.07) is 24.9. The molecular weight excluding hydrogens is 442 g/mol. The lowest BCUT2D eigenvalue weighted by Gasteiger charge is -2.10. The normalized spacial score (nSPS) is 10.8. The zero-order valence-electron chi connectivity index (χ0n) is 19.7. The Morgan fingerprint density at radius 3 is 1.94 bits per heavy atom. The molecule has 1 heterocycles. The lowest BCUT2D eigenvalue weighted by molar-refractivity contribution is 0.0734. The first kappa shape index (κ1) is 23.5. The Morgan fingerprint density at radius 1 is 0.771 bits per heavy atom. The minimum absolute atomic E-state index is 0.307. The number of hydrazone groups is 1. The van der Waals surface area contributed by atoms with Gasteiger partial charge in [0.05, 0.1) is 18.9 Å². The number of carbonyl (C=O) groups excluding carboxylic acids is 2. The summed E-state index contributed by atoms with van der Waals surface area (Å²) in [6.07, 6.45) is 1.52. The summed E-state index contributed by atoms with van der Waals surface area (Å²) >= 11 is 0. The number of hydrogen-bond acceptors (Lipinski definition) is 5. The van der Waals surface area contributed by atoms with Gasteiger partial charge in [-0.05, 0) is 104 Å². The van der Waals surface area contributed by atoms with Crippen LogP contribution >= 0.6 is 0 Å². The molecule has 0 aliphatic heterocycles. The molecule has 1 amide bonds. The van der Waals surface area contributed by atoms with Crippen LogP contribution in [0.3, 0.4) is 0 Å². The molecule has 0 aliphatic rings. The number of benzene rings is 3. The number of ether oxygens (including phenoxy) is 2. The standard InChI is InChI=1S/C28H25N3O4/c1-19-4-5-20(2)31(19)24-12-8-22(9-13-24)27(32)30-29-18-21-6-14-26(15-7-21)35-28(33)23-10-16-25(34-3)17-11-23/h4-18H,1-3H3,(H,30,32). The molecule has 0 saturated heterocycles. The molecule has 7 nitrogen and oxygen atoms in total. The second kappa shape index (κ2) is 10.5. The Hall–Kier alpha value is -4.65. The van der Waals surface area contributed by atoms with Crippen molar-refractivity contribution in [2.75, 3.05) is 7.11 Å². The van der Waals surface area contributed by atoms with E-state index < -0.39 is 5.97 Å². The van der Waals surface area contributed by atoms with E-state index in [1.54, 1.807) is 67.8 Å². The lowest BCUT2D eigenvalue weighted by atomic mass is 10.2. The molecule has 4 aromatic rings. The Morgan fingerprint density at radius 2 is 1.34 bits per heavy atom. The third-order valence-corrected chi connectivity index (χ3v) is 5.45. The van der Waals surface area contributed by atoms with Crippen LogP contribution in [0.5, 0.6) is 11.5 Å². The van der Waals surface area contributed by atoms with Crippen molar-refractivity contribution in [3.05, 3.63) is 113 Å². The van der Waals surface area contributed by atoms with E-state index >= 15 is 0 Å². The smallest absolute Gasteiger partial charge is 0.343 e. The number of nitrogens with one attached hydrogen (secondary N) is 1. The molecule has 1 N–H and O–H groups in total. The molecule has 0 unspecified atom stereocenters. The van der Waals surface area contributed by atoms with Crippen LogP contribution in [-0.4, -0.2) is 29.8 Å². The Kier molecular flexibility index (Phi) is 7.07. The van der Waals surface area contributed by atoms with Gasteiger partial charge in [-0.25, -0.2) is 10.2 Å². The predicted molar refractivity (Wildman–Crippen MR) is 135 cm³/mol. The van der Waals surface area contributed by atoms with E-state index in [-0.39, 0.29) is 5.91 Å². The summed E-state index contributed by atoms with van der Waals surface area (Å²) in [7, 11) is 1.56. The number of nitrogens with zero attached hydrogens (tertiary/aromatic N) is 2. The van der Waals surface area contributed by atoms with E-state index in [0.717, 1.165) is 22.6 Å².